The topological polar surface area (TPSA) is 30.7 Å². The van der Waals surface area contributed by atoms with E-state index in [2.05, 4.69) is 75.7 Å². The van der Waals surface area contributed by atoms with Crippen LogP contribution in [0, 0.1) is 0 Å². The Morgan fingerprint density at radius 3 is 2.37 bits per heavy atom. The lowest BCUT2D eigenvalue weighted by Crippen LogP contribution is -2.13. The lowest BCUT2D eigenvalue weighted by molar-refractivity contribution is 0.531. The van der Waals surface area contributed by atoms with Gasteiger partial charge in [0.15, 0.2) is 0 Å². The number of benzene rings is 1. The average molecular weight is 322 g/mol. The second kappa shape index (κ2) is 6.33. The Hall–Kier alpha value is -1.16. The van der Waals surface area contributed by atoms with Crippen LogP contribution >= 0.6 is 15.9 Å². The highest BCUT2D eigenvalue weighted by molar-refractivity contribution is 9.08. The van der Waals surface area contributed by atoms with Crippen LogP contribution in [0.5, 0.6) is 0 Å². The summed E-state index contributed by atoms with van der Waals surface area (Å²) >= 11 is 3.49. The van der Waals surface area contributed by atoms with Crippen LogP contribution in [0.25, 0.3) is 0 Å². The molecule has 19 heavy (non-hydrogen) atoms. The van der Waals surface area contributed by atoms with E-state index in [9.17, 15) is 0 Å². The molecule has 0 aliphatic heterocycles. The van der Waals surface area contributed by atoms with Gasteiger partial charge in [-0.2, -0.15) is 0 Å². The minimum atomic E-state index is 0.309. The average Bonchev–Trinajstić information content (AvgIpc) is 2.85. The van der Waals surface area contributed by atoms with Crippen molar-refractivity contribution in [1.29, 1.82) is 0 Å². The molecular weight excluding hydrogens is 302 g/mol. The van der Waals surface area contributed by atoms with Crippen LogP contribution in [0.3, 0.4) is 0 Å². The van der Waals surface area contributed by atoms with Crippen molar-refractivity contribution in [3.8, 4) is 0 Å². The van der Waals surface area contributed by atoms with Crippen molar-refractivity contribution in [3.63, 3.8) is 0 Å². The number of alkyl halides is 1. The molecule has 102 valence electrons. The maximum atomic E-state index is 4.44. The van der Waals surface area contributed by atoms with Gasteiger partial charge in [-0.25, -0.2) is 0 Å². The number of aromatic nitrogens is 3. The van der Waals surface area contributed by atoms with Crippen LogP contribution in [-0.4, -0.2) is 14.8 Å². The van der Waals surface area contributed by atoms with Gasteiger partial charge in [0.2, 0.25) is 0 Å². The largest absolute Gasteiger partial charge is 0.311 e. The highest BCUT2D eigenvalue weighted by atomic mass is 79.9. The second-order valence-electron chi connectivity index (χ2n) is 4.94. The first-order valence-corrected chi connectivity index (χ1v) is 7.85. The summed E-state index contributed by atoms with van der Waals surface area (Å²) in [7, 11) is 0. The molecule has 4 heteroatoms. The molecule has 1 unspecified atom stereocenters. The van der Waals surface area contributed by atoms with Crippen molar-refractivity contribution in [2.24, 2.45) is 0 Å². The zero-order valence-electron chi connectivity index (χ0n) is 11.7. The van der Waals surface area contributed by atoms with Gasteiger partial charge in [0.25, 0.3) is 0 Å². The van der Waals surface area contributed by atoms with Crippen molar-refractivity contribution < 1.29 is 0 Å². The molecular formula is C15H20BrN3. The minimum Gasteiger partial charge on any atom is -0.311 e. The molecule has 0 aliphatic rings. The van der Waals surface area contributed by atoms with E-state index in [1.165, 1.54) is 5.56 Å². The number of rotatable bonds is 5. The first-order valence-electron chi connectivity index (χ1n) is 6.73. The number of nitrogens with zero attached hydrogens (tertiary/aromatic N) is 3. The third-order valence-corrected chi connectivity index (χ3v) is 3.85. The number of halogens is 1. The summed E-state index contributed by atoms with van der Waals surface area (Å²) in [6.07, 6.45) is 1.02. The zero-order chi connectivity index (χ0) is 13.8. The Balaban J connectivity index is 2.47. The maximum absolute atomic E-state index is 4.44. The standard InChI is InChI=1S/C15H20BrN3/c1-4-13(12-8-6-5-7-9-12)15-18-17-14(10-16)19(15)11(2)3/h5-9,11,13H,4,10H2,1-3H3. The molecule has 0 amide bonds. The highest BCUT2D eigenvalue weighted by Gasteiger charge is 2.22. The highest BCUT2D eigenvalue weighted by Crippen LogP contribution is 2.29. The Morgan fingerprint density at radius 1 is 1.16 bits per heavy atom. The Morgan fingerprint density at radius 2 is 1.84 bits per heavy atom. The lowest BCUT2D eigenvalue weighted by atomic mass is 9.95. The van der Waals surface area contributed by atoms with E-state index in [0.29, 0.717) is 12.0 Å². The fourth-order valence-electron chi connectivity index (χ4n) is 2.48. The van der Waals surface area contributed by atoms with E-state index in [0.717, 1.165) is 23.4 Å². The minimum absolute atomic E-state index is 0.309. The molecule has 0 saturated heterocycles. The molecule has 3 nitrogen and oxygen atoms in total. The number of hydrogen-bond donors (Lipinski definition) is 0. The van der Waals surface area contributed by atoms with E-state index in [-0.39, 0.29) is 0 Å². The molecule has 0 radical (unpaired) electrons. The van der Waals surface area contributed by atoms with Crippen LogP contribution < -0.4 is 0 Å². The summed E-state index contributed by atoms with van der Waals surface area (Å²) in [6.45, 7) is 6.55. The van der Waals surface area contributed by atoms with Gasteiger partial charge >= 0.3 is 0 Å². The lowest BCUT2D eigenvalue weighted by Gasteiger charge is -2.19. The molecule has 1 aromatic heterocycles. The maximum Gasteiger partial charge on any atom is 0.143 e. The Labute approximate surface area is 123 Å². The molecule has 1 aromatic carbocycles. The summed E-state index contributed by atoms with van der Waals surface area (Å²) in [5.41, 5.74) is 1.31. The van der Waals surface area contributed by atoms with Crippen molar-refractivity contribution in [3.05, 3.63) is 47.5 Å². The quantitative estimate of drug-likeness (QED) is 0.769. The second-order valence-corrected chi connectivity index (χ2v) is 5.50. The van der Waals surface area contributed by atoms with Crippen LogP contribution in [0.1, 0.15) is 56.4 Å². The molecule has 0 bridgehead atoms. The third-order valence-electron chi connectivity index (χ3n) is 3.35. The van der Waals surface area contributed by atoms with Gasteiger partial charge in [-0.15, -0.1) is 10.2 Å². The molecule has 1 atom stereocenters. The van der Waals surface area contributed by atoms with Gasteiger partial charge < -0.3 is 4.57 Å². The first-order chi connectivity index (χ1) is 9.19. The summed E-state index contributed by atoms with van der Waals surface area (Å²) in [6, 6.07) is 10.9. The number of hydrogen-bond acceptors (Lipinski definition) is 2. The summed E-state index contributed by atoms with van der Waals surface area (Å²) < 4.78 is 2.25. The smallest absolute Gasteiger partial charge is 0.143 e. The van der Waals surface area contributed by atoms with Crippen LogP contribution in [0.4, 0.5) is 0 Å². The van der Waals surface area contributed by atoms with E-state index >= 15 is 0 Å². The molecule has 2 rings (SSSR count). The van der Waals surface area contributed by atoms with E-state index in [1.807, 2.05) is 6.07 Å². The molecule has 0 saturated carbocycles. The van der Waals surface area contributed by atoms with E-state index in [1.54, 1.807) is 0 Å². The van der Waals surface area contributed by atoms with Gasteiger partial charge in [-0.1, -0.05) is 53.2 Å². The fourth-order valence-corrected chi connectivity index (χ4v) is 2.86. The molecule has 0 aliphatic carbocycles. The molecule has 2 aromatic rings. The van der Waals surface area contributed by atoms with Gasteiger partial charge in [0.05, 0.1) is 5.33 Å². The predicted molar refractivity (Wildman–Crippen MR) is 81.6 cm³/mol. The van der Waals surface area contributed by atoms with Crippen LogP contribution in [-0.2, 0) is 5.33 Å². The zero-order valence-corrected chi connectivity index (χ0v) is 13.3. The van der Waals surface area contributed by atoms with Crippen LogP contribution in [0.15, 0.2) is 30.3 Å². The molecule has 1 heterocycles. The van der Waals surface area contributed by atoms with Crippen molar-refractivity contribution in [2.45, 2.75) is 44.5 Å². The Kier molecular flexibility index (Phi) is 4.75. The van der Waals surface area contributed by atoms with E-state index in [4.69, 9.17) is 0 Å². The third kappa shape index (κ3) is 2.89. The molecule has 0 fully saturated rings. The predicted octanol–water partition coefficient (Wildman–Crippen LogP) is 4.30. The Bertz CT molecular complexity index is 519. The summed E-state index contributed by atoms with van der Waals surface area (Å²) in [5.74, 6) is 2.38. The van der Waals surface area contributed by atoms with Crippen molar-refractivity contribution in [2.75, 3.05) is 0 Å². The molecule has 0 spiro atoms. The van der Waals surface area contributed by atoms with Gasteiger partial charge in [0.1, 0.15) is 11.6 Å². The monoisotopic (exact) mass is 321 g/mol. The van der Waals surface area contributed by atoms with Crippen molar-refractivity contribution >= 4 is 15.9 Å². The fraction of sp³-hybridized carbons (Fsp3) is 0.467. The van der Waals surface area contributed by atoms with Gasteiger partial charge in [0, 0.05) is 12.0 Å². The summed E-state index contributed by atoms with van der Waals surface area (Å²) in [5, 5.41) is 9.49. The van der Waals surface area contributed by atoms with Gasteiger partial charge in [-0.05, 0) is 25.8 Å². The summed E-state index contributed by atoms with van der Waals surface area (Å²) in [4.78, 5) is 0. The molecule has 0 N–H and O–H groups in total. The first kappa shape index (κ1) is 14.3. The normalized spacial score (nSPS) is 12.9. The van der Waals surface area contributed by atoms with Gasteiger partial charge in [-0.3, -0.25) is 0 Å². The van der Waals surface area contributed by atoms with Crippen LogP contribution in [0.2, 0.25) is 0 Å². The van der Waals surface area contributed by atoms with Crippen molar-refractivity contribution in [1.82, 2.24) is 14.8 Å². The van der Waals surface area contributed by atoms with E-state index < -0.39 is 0 Å². The SMILES string of the molecule is CCC(c1ccccc1)c1nnc(CBr)n1C(C)C.